The number of carbonyl (C=O) groups excluding carboxylic acids is 1. The van der Waals surface area contributed by atoms with Crippen LogP contribution in [0, 0.1) is 0 Å². The van der Waals surface area contributed by atoms with Crippen molar-refractivity contribution in [3.63, 3.8) is 0 Å². The molecule has 90 valence electrons. The van der Waals surface area contributed by atoms with Gasteiger partial charge in [-0.2, -0.15) is 5.10 Å². The third-order valence-electron chi connectivity index (χ3n) is 3.03. The summed E-state index contributed by atoms with van der Waals surface area (Å²) in [5.74, 6) is 0.162. The molecule has 0 saturated heterocycles. The molecule has 1 heterocycles. The molecule has 3 heteroatoms. The number of carbonyl (C=O) groups is 1. The van der Waals surface area contributed by atoms with Crippen LogP contribution in [-0.4, -0.2) is 15.6 Å². The fourth-order valence-corrected chi connectivity index (χ4v) is 2.07. The second-order valence-corrected chi connectivity index (χ2v) is 4.37. The maximum absolute atomic E-state index is 12.1. The molecule has 17 heavy (non-hydrogen) atoms. The van der Waals surface area contributed by atoms with Gasteiger partial charge in [-0.25, -0.2) is 0 Å². The first kappa shape index (κ1) is 11.8. The molecule has 1 aromatic heterocycles. The molecule has 0 radical (unpaired) electrons. The van der Waals surface area contributed by atoms with E-state index in [2.05, 4.69) is 12.0 Å². The number of hydrogen-bond acceptors (Lipinski definition) is 2. The number of aryl methyl sites for hydroxylation is 1. The number of Topliss-reactive ketones (excluding diaryl/α,β-unsaturated/α-hetero) is 1. The highest BCUT2D eigenvalue weighted by molar-refractivity contribution is 6.05. The highest BCUT2D eigenvalue weighted by Crippen LogP contribution is 2.19. The zero-order chi connectivity index (χ0) is 12.3. The second-order valence-electron chi connectivity index (χ2n) is 4.37. The number of ketones is 1. The van der Waals surface area contributed by atoms with Gasteiger partial charge in [0.05, 0.1) is 5.52 Å². The van der Waals surface area contributed by atoms with Crippen molar-refractivity contribution in [2.45, 2.75) is 32.6 Å². The first-order valence-corrected chi connectivity index (χ1v) is 6.19. The van der Waals surface area contributed by atoms with Crippen molar-refractivity contribution < 1.29 is 4.79 Å². The summed E-state index contributed by atoms with van der Waals surface area (Å²) in [5.41, 5.74) is 1.64. The van der Waals surface area contributed by atoms with Crippen LogP contribution in [-0.2, 0) is 7.05 Å². The first-order valence-electron chi connectivity index (χ1n) is 6.19. The molecule has 0 saturated carbocycles. The number of fused-ring (bicyclic) bond motifs is 1. The molecule has 0 aliphatic heterocycles. The average molecular weight is 230 g/mol. The zero-order valence-electron chi connectivity index (χ0n) is 10.4. The summed E-state index contributed by atoms with van der Waals surface area (Å²) in [6.07, 6.45) is 3.81. The van der Waals surface area contributed by atoms with Crippen molar-refractivity contribution in [3.05, 3.63) is 30.0 Å². The number of hydrogen-bond donors (Lipinski definition) is 0. The van der Waals surface area contributed by atoms with E-state index < -0.39 is 0 Å². The van der Waals surface area contributed by atoms with Crippen LogP contribution in [0.25, 0.3) is 10.9 Å². The summed E-state index contributed by atoms with van der Waals surface area (Å²) in [4.78, 5) is 12.1. The van der Waals surface area contributed by atoms with Crippen molar-refractivity contribution in [1.29, 1.82) is 0 Å². The minimum absolute atomic E-state index is 0.162. The van der Waals surface area contributed by atoms with Gasteiger partial charge in [0.15, 0.2) is 5.78 Å². The average Bonchev–Trinajstić information content (AvgIpc) is 2.68. The van der Waals surface area contributed by atoms with E-state index in [9.17, 15) is 4.79 Å². The van der Waals surface area contributed by atoms with E-state index >= 15 is 0 Å². The minimum atomic E-state index is 0.162. The molecule has 0 aliphatic carbocycles. The Hall–Kier alpha value is -1.64. The minimum Gasteiger partial charge on any atom is -0.292 e. The second kappa shape index (κ2) is 5.13. The van der Waals surface area contributed by atoms with E-state index in [1.165, 1.54) is 0 Å². The Kier molecular flexibility index (Phi) is 3.57. The summed E-state index contributed by atoms with van der Waals surface area (Å²) >= 11 is 0. The molecule has 0 atom stereocenters. The Labute approximate surface area is 101 Å². The van der Waals surface area contributed by atoms with Crippen LogP contribution in [0.2, 0.25) is 0 Å². The fourth-order valence-electron chi connectivity index (χ4n) is 2.07. The van der Waals surface area contributed by atoms with Gasteiger partial charge in [0.25, 0.3) is 0 Å². The van der Waals surface area contributed by atoms with Crippen LogP contribution in [0.15, 0.2) is 24.3 Å². The Bertz CT molecular complexity index is 528. The van der Waals surface area contributed by atoms with Crippen molar-refractivity contribution in [2.75, 3.05) is 0 Å². The highest BCUT2D eigenvalue weighted by Gasteiger charge is 2.14. The van der Waals surface area contributed by atoms with Crippen molar-refractivity contribution in [3.8, 4) is 0 Å². The van der Waals surface area contributed by atoms with Gasteiger partial charge in [0.1, 0.15) is 5.69 Å². The van der Waals surface area contributed by atoms with Crippen LogP contribution in [0.3, 0.4) is 0 Å². The molecule has 3 nitrogen and oxygen atoms in total. The van der Waals surface area contributed by atoms with Crippen molar-refractivity contribution >= 4 is 16.7 Å². The number of aromatic nitrogens is 2. The van der Waals surface area contributed by atoms with Crippen LogP contribution in [0.1, 0.15) is 43.1 Å². The molecule has 2 rings (SSSR count). The van der Waals surface area contributed by atoms with Gasteiger partial charge in [0.2, 0.25) is 0 Å². The lowest BCUT2D eigenvalue weighted by molar-refractivity contribution is 0.0975. The van der Waals surface area contributed by atoms with Crippen LogP contribution >= 0.6 is 0 Å². The molecule has 1 aromatic carbocycles. The largest absolute Gasteiger partial charge is 0.292 e. The van der Waals surface area contributed by atoms with Gasteiger partial charge >= 0.3 is 0 Å². The Balaban J connectivity index is 2.26. The van der Waals surface area contributed by atoms with E-state index in [-0.39, 0.29) is 5.78 Å². The molecule has 0 fully saturated rings. The normalized spacial score (nSPS) is 10.9. The summed E-state index contributed by atoms with van der Waals surface area (Å²) in [5, 5.41) is 5.30. The topological polar surface area (TPSA) is 34.9 Å². The first-order chi connectivity index (χ1) is 8.24. The molecule has 0 bridgehead atoms. The lowest BCUT2D eigenvalue weighted by atomic mass is 10.1. The molecule has 0 amide bonds. The van der Waals surface area contributed by atoms with E-state index in [4.69, 9.17) is 0 Å². The van der Waals surface area contributed by atoms with Crippen LogP contribution in [0.5, 0.6) is 0 Å². The molecule has 0 unspecified atom stereocenters. The van der Waals surface area contributed by atoms with Crippen LogP contribution in [0.4, 0.5) is 0 Å². The molecular weight excluding hydrogens is 212 g/mol. The molecule has 0 N–H and O–H groups in total. The maximum atomic E-state index is 12.1. The van der Waals surface area contributed by atoms with Gasteiger partial charge in [0, 0.05) is 18.9 Å². The fraction of sp³-hybridized carbons (Fsp3) is 0.429. The van der Waals surface area contributed by atoms with Gasteiger partial charge < -0.3 is 0 Å². The smallest absolute Gasteiger partial charge is 0.183 e. The SMILES string of the molecule is CCCCCC(=O)c1nn(C)c2ccccc12. The summed E-state index contributed by atoms with van der Waals surface area (Å²) in [6.45, 7) is 2.14. The molecular formula is C14H18N2O. The zero-order valence-corrected chi connectivity index (χ0v) is 10.4. The van der Waals surface area contributed by atoms with Gasteiger partial charge in [-0.1, -0.05) is 38.0 Å². The standard InChI is InChI=1S/C14H18N2O/c1-3-4-5-10-13(17)14-11-8-6-7-9-12(11)16(2)15-14/h6-9H,3-5,10H2,1-2H3. The Morgan fingerprint density at radius 1 is 1.29 bits per heavy atom. The van der Waals surface area contributed by atoms with Gasteiger partial charge in [-0.15, -0.1) is 0 Å². The van der Waals surface area contributed by atoms with Crippen LogP contribution < -0.4 is 0 Å². The van der Waals surface area contributed by atoms with E-state index in [0.29, 0.717) is 12.1 Å². The lowest BCUT2D eigenvalue weighted by Gasteiger charge is -1.97. The summed E-state index contributed by atoms with van der Waals surface area (Å²) in [6, 6.07) is 7.88. The predicted octanol–water partition coefficient (Wildman–Crippen LogP) is 3.34. The molecule has 0 aliphatic rings. The van der Waals surface area contributed by atoms with Crippen molar-refractivity contribution in [1.82, 2.24) is 9.78 Å². The van der Waals surface area contributed by atoms with E-state index in [1.807, 2.05) is 31.3 Å². The maximum Gasteiger partial charge on any atom is 0.183 e. The predicted molar refractivity (Wildman–Crippen MR) is 69.2 cm³/mol. The number of benzene rings is 1. The van der Waals surface area contributed by atoms with E-state index in [0.717, 1.165) is 30.2 Å². The molecule has 2 aromatic rings. The molecule has 0 spiro atoms. The number of nitrogens with zero attached hydrogens (tertiary/aromatic N) is 2. The van der Waals surface area contributed by atoms with E-state index in [1.54, 1.807) is 4.68 Å². The number of para-hydroxylation sites is 1. The Morgan fingerprint density at radius 2 is 2.06 bits per heavy atom. The number of rotatable bonds is 5. The Morgan fingerprint density at radius 3 is 2.82 bits per heavy atom. The third kappa shape index (κ3) is 2.38. The van der Waals surface area contributed by atoms with Crippen molar-refractivity contribution in [2.24, 2.45) is 7.05 Å². The summed E-state index contributed by atoms with van der Waals surface area (Å²) in [7, 11) is 1.88. The van der Waals surface area contributed by atoms with Gasteiger partial charge in [-0.3, -0.25) is 9.48 Å². The van der Waals surface area contributed by atoms with Gasteiger partial charge in [-0.05, 0) is 12.5 Å². The monoisotopic (exact) mass is 230 g/mol. The number of unbranched alkanes of at least 4 members (excludes halogenated alkanes) is 2. The third-order valence-corrected chi connectivity index (χ3v) is 3.03. The lowest BCUT2D eigenvalue weighted by Crippen LogP contribution is -2.01. The quantitative estimate of drug-likeness (QED) is 0.583. The highest BCUT2D eigenvalue weighted by atomic mass is 16.1. The summed E-state index contributed by atoms with van der Waals surface area (Å²) < 4.78 is 1.78.